The second-order valence-corrected chi connectivity index (χ2v) is 4.28. The van der Waals surface area contributed by atoms with Gasteiger partial charge < -0.3 is 5.73 Å². The van der Waals surface area contributed by atoms with Crippen molar-refractivity contribution in [2.24, 2.45) is 5.73 Å². The van der Waals surface area contributed by atoms with Crippen molar-refractivity contribution in [3.63, 3.8) is 0 Å². The monoisotopic (exact) mass is 256 g/mol. The molecule has 0 aliphatic carbocycles. The van der Waals surface area contributed by atoms with Crippen LogP contribution in [0.15, 0.2) is 11.0 Å². The van der Waals surface area contributed by atoms with Crippen molar-refractivity contribution in [1.82, 2.24) is 0 Å². The molecule has 0 aliphatic rings. The lowest BCUT2D eigenvalue weighted by molar-refractivity contribution is 1.23. The first-order valence-electron chi connectivity index (χ1n) is 2.48. The zero-order valence-electron chi connectivity index (χ0n) is 5.15. The Morgan fingerprint density at radius 2 is 2.44 bits per heavy atom. The van der Waals surface area contributed by atoms with Gasteiger partial charge in [-0.15, -0.1) is 0 Å². The van der Waals surface area contributed by atoms with Gasteiger partial charge >= 0.3 is 0 Å². The van der Waals surface area contributed by atoms with Crippen LogP contribution in [0.4, 0.5) is 0 Å². The summed E-state index contributed by atoms with van der Waals surface area (Å²) >= 11 is 3.36. The largest absolute Gasteiger partial charge is 0.326 e. The van der Waals surface area contributed by atoms with Gasteiger partial charge in [0, 0.05) is 11.4 Å². The molecule has 0 aliphatic heterocycles. The first kappa shape index (κ1) is 9.45. The van der Waals surface area contributed by atoms with E-state index in [2.05, 4.69) is 0 Å². The Morgan fingerprint density at radius 3 is 2.56 bits per heavy atom. The maximum Gasteiger partial charge on any atom is 0.130 e. The van der Waals surface area contributed by atoms with E-state index < -0.39 is 0 Å². The average molecular weight is 256 g/mol. The predicted octanol–water partition coefficient (Wildman–Crippen LogP) is 1.95. The molecule has 0 fully saturated rings. The van der Waals surface area contributed by atoms with Crippen molar-refractivity contribution in [3.8, 4) is 0 Å². The summed E-state index contributed by atoms with van der Waals surface area (Å²) in [5.74, 6) is 0. The first-order valence-corrected chi connectivity index (χ1v) is 4.37. The molecule has 2 nitrogen and oxygen atoms in total. The summed E-state index contributed by atoms with van der Waals surface area (Å²) in [6.07, 6.45) is 1.93. The van der Waals surface area contributed by atoms with E-state index in [1.54, 1.807) is 0 Å². The van der Waals surface area contributed by atoms with Crippen LogP contribution in [0.3, 0.4) is 0 Å². The maximum atomic E-state index is 7.08. The Labute approximate surface area is 72.9 Å². The maximum absolute atomic E-state index is 7.08. The zero-order valence-corrected chi connectivity index (χ0v) is 8.12. The van der Waals surface area contributed by atoms with Gasteiger partial charge in [-0.05, 0) is 29.5 Å². The number of nitrogens with two attached hydrogens (primary N) is 1. The summed E-state index contributed by atoms with van der Waals surface area (Å²) in [5, 5.41) is 7.08. The van der Waals surface area contributed by atoms with Gasteiger partial charge in [0.1, 0.15) is 3.05 Å². The van der Waals surface area contributed by atoms with Gasteiger partial charge in [-0.1, -0.05) is 17.8 Å². The first-order chi connectivity index (χ1) is 4.20. The van der Waals surface area contributed by atoms with Crippen molar-refractivity contribution >= 4 is 37.4 Å². The number of hydrogen-bond donors (Lipinski definition) is 2. The van der Waals surface area contributed by atoms with E-state index in [0.29, 0.717) is 9.60 Å². The van der Waals surface area contributed by atoms with Gasteiger partial charge in [0.05, 0.1) is 0 Å². The molecule has 0 unspecified atom stereocenters. The molecule has 3 N–H and O–H groups in total. The molecule has 0 heterocycles. The number of hydrogen-bond acceptors (Lipinski definition) is 3. The highest BCUT2D eigenvalue weighted by atomic mass is 127. The fourth-order valence-electron chi connectivity index (χ4n) is 0.334. The Bertz CT molecular complexity index is 133. The third-order valence-electron chi connectivity index (χ3n) is 0.744. The van der Waals surface area contributed by atoms with Crippen LogP contribution in [0.2, 0.25) is 0 Å². The van der Waals surface area contributed by atoms with Crippen LogP contribution >= 0.6 is 34.4 Å². The molecule has 0 saturated heterocycles. The van der Waals surface area contributed by atoms with Crippen molar-refractivity contribution in [2.45, 2.75) is 6.92 Å². The molecule has 0 radical (unpaired) electrons. The minimum atomic E-state index is 0.534. The standard InChI is InChI=1S/C5H9IN2S/c1-2-4(3-7)9-5(6)8/h2,8H,3,7H2,1H3/b4-2-,8-5?. The zero-order chi connectivity index (χ0) is 7.28. The van der Waals surface area contributed by atoms with Crippen molar-refractivity contribution < 1.29 is 0 Å². The molecule has 0 amide bonds. The highest BCUT2D eigenvalue weighted by molar-refractivity contribution is 14.1. The van der Waals surface area contributed by atoms with Crippen LogP contribution in [0.1, 0.15) is 6.92 Å². The summed E-state index contributed by atoms with van der Waals surface area (Å²) in [7, 11) is 0. The fourth-order valence-corrected chi connectivity index (χ4v) is 1.61. The molecule has 0 bridgehead atoms. The third-order valence-corrected chi connectivity index (χ3v) is 2.25. The number of halogens is 1. The highest BCUT2D eigenvalue weighted by Crippen LogP contribution is 2.18. The van der Waals surface area contributed by atoms with Gasteiger partial charge in [-0.2, -0.15) is 0 Å². The lowest BCUT2D eigenvalue weighted by atomic mass is 10.5. The summed E-state index contributed by atoms with van der Waals surface area (Å²) in [4.78, 5) is 1.05. The van der Waals surface area contributed by atoms with Crippen LogP contribution in [0, 0.1) is 5.41 Å². The predicted molar refractivity (Wildman–Crippen MR) is 52.1 cm³/mol. The molecule has 0 aromatic rings. The molecule has 0 spiro atoms. The molecule has 0 aromatic heterocycles. The molecule has 4 heteroatoms. The second-order valence-electron chi connectivity index (χ2n) is 1.33. The Hall–Kier alpha value is 0.450. The van der Waals surface area contributed by atoms with Crippen LogP contribution in [0.5, 0.6) is 0 Å². The Morgan fingerprint density at radius 1 is 1.89 bits per heavy atom. The number of allylic oxidation sites excluding steroid dienone is 1. The van der Waals surface area contributed by atoms with Crippen molar-refractivity contribution in [2.75, 3.05) is 6.54 Å². The molecule has 0 atom stereocenters. The van der Waals surface area contributed by atoms with E-state index in [0.717, 1.165) is 4.91 Å². The summed E-state index contributed by atoms with van der Waals surface area (Å²) in [6.45, 7) is 2.46. The van der Waals surface area contributed by atoms with E-state index in [4.69, 9.17) is 11.1 Å². The minimum absolute atomic E-state index is 0.534. The van der Waals surface area contributed by atoms with E-state index in [1.807, 2.05) is 35.6 Å². The van der Waals surface area contributed by atoms with E-state index in [9.17, 15) is 0 Å². The number of nitrogens with one attached hydrogen (secondary N) is 1. The Balaban J connectivity index is 3.71. The van der Waals surface area contributed by atoms with E-state index in [1.165, 1.54) is 11.8 Å². The SMILES string of the molecule is C/C=C(/CN)SC(=N)I. The molecule has 9 heavy (non-hydrogen) atoms. The van der Waals surface area contributed by atoms with E-state index >= 15 is 0 Å². The second kappa shape index (κ2) is 5.25. The third kappa shape index (κ3) is 4.92. The van der Waals surface area contributed by atoms with Gasteiger partial charge in [0.15, 0.2) is 0 Å². The lowest BCUT2D eigenvalue weighted by Crippen LogP contribution is -2.00. The highest BCUT2D eigenvalue weighted by Gasteiger charge is 1.94. The smallest absolute Gasteiger partial charge is 0.130 e. The van der Waals surface area contributed by atoms with Crippen LogP contribution in [-0.2, 0) is 0 Å². The normalized spacial score (nSPS) is 11.7. The number of rotatable bonds is 2. The summed E-state index contributed by atoms with van der Waals surface area (Å²) < 4.78 is 0.561. The molecular formula is C5H9IN2S. The molecule has 52 valence electrons. The topological polar surface area (TPSA) is 49.9 Å². The van der Waals surface area contributed by atoms with E-state index in [-0.39, 0.29) is 0 Å². The summed E-state index contributed by atoms with van der Waals surface area (Å²) in [5.41, 5.74) is 5.34. The van der Waals surface area contributed by atoms with Crippen molar-refractivity contribution in [3.05, 3.63) is 11.0 Å². The Kier molecular flexibility index (Phi) is 5.51. The van der Waals surface area contributed by atoms with Crippen molar-refractivity contribution in [1.29, 1.82) is 5.41 Å². The average Bonchev–Trinajstić information content (AvgIpc) is 1.82. The van der Waals surface area contributed by atoms with Gasteiger partial charge in [-0.25, -0.2) is 0 Å². The molecule has 0 aromatic carbocycles. The number of thioether (sulfide) groups is 1. The minimum Gasteiger partial charge on any atom is -0.326 e. The molecule has 0 rings (SSSR count). The van der Waals surface area contributed by atoms with Gasteiger partial charge in [0.2, 0.25) is 0 Å². The molecule has 0 saturated carbocycles. The fraction of sp³-hybridized carbons (Fsp3) is 0.400. The van der Waals surface area contributed by atoms with Crippen LogP contribution in [0.25, 0.3) is 0 Å². The van der Waals surface area contributed by atoms with Crippen LogP contribution < -0.4 is 5.73 Å². The summed E-state index contributed by atoms with van der Waals surface area (Å²) in [6, 6.07) is 0. The lowest BCUT2D eigenvalue weighted by Gasteiger charge is -1.97. The molecular weight excluding hydrogens is 247 g/mol. The van der Waals surface area contributed by atoms with Crippen LogP contribution in [-0.4, -0.2) is 9.60 Å². The quantitative estimate of drug-likeness (QED) is 0.450. The van der Waals surface area contributed by atoms with Gasteiger partial charge in [0.25, 0.3) is 0 Å². The van der Waals surface area contributed by atoms with Gasteiger partial charge in [-0.3, -0.25) is 5.41 Å².